The molecule has 1 saturated carbocycles. The van der Waals surface area contributed by atoms with Crippen LogP contribution < -0.4 is 9.62 Å². The molecule has 2 aromatic carbocycles. The molecule has 0 radical (unpaired) electrons. The molecule has 0 spiro atoms. The highest BCUT2D eigenvalue weighted by Crippen LogP contribution is 2.35. The average Bonchev–Trinajstić information content (AvgIpc) is 3.29. The molecule has 0 unspecified atom stereocenters. The van der Waals surface area contributed by atoms with Gasteiger partial charge in [0.1, 0.15) is 5.82 Å². The van der Waals surface area contributed by atoms with Crippen LogP contribution in [-0.4, -0.2) is 41.0 Å². The number of nitrogens with one attached hydrogen (secondary N) is 1. The Morgan fingerprint density at radius 1 is 1.03 bits per heavy atom. The summed E-state index contributed by atoms with van der Waals surface area (Å²) in [5.74, 6) is 1.14. The molecule has 1 aliphatic carbocycles. The van der Waals surface area contributed by atoms with Gasteiger partial charge in [0.2, 0.25) is 11.6 Å². The molecule has 5 rings (SSSR count). The Morgan fingerprint density at radius 2 is 1.74 bits per heavy atom. The summed E-state index contributed by atoms with van der Waals surface area (Å²) in [5, 5.41) is 11.6. The number of carbonyl (C=O) groups is 1. The molecule has 1 fully saturated rings. The lowest BCUT2D eigenvalue weighted by molar-refractivity contribution is -0.114. The zero-order valence-electron chi connectivity index (χ0n) is 19.1. The highest BCUT2D eigenvalue weighted by molar-refractivity contribution is 7.92. The van der Waals surface area contributed by atoms with Crippen LogP contribution in [0.4, 0.5) is 11.5 Å². The second kappa shape index (κ2) is 8.68. The number of sulfonamides is 1. The van der Waals surface area contributed by atoms with E-state index in [0.29, 0.717) is 16.9 Å². The van der Waals surface area contributed by atoms with E-state index in [1.165, 1.54) is 32.5 Å². The summed E-state index contributed by atoms with van der Waals surface area (Å²) in [6.45, 7) is 1.40. The summed E-state index contributed by atoms with van der Waals surface area (Å²) in [4.78, 5) is 16.0. The van der Waals surface area contributed by atoms with Crippen molar-refractivity contribution in [1.82, 2.24) is 19.6 Å². The first-order chi connectivity index (χ1) is 16.4. The van der Waals surface area contributed by atoms with Gasteiger partial charge in [-0.3, -0.25) is 9.20 Å². The zero-order valence-corrected chi connectivity index (χ0v) is 19.9. The third-order valence-corrected chi connectivity index (χ3v) is 8.10. The molecule has 1 amide bonds. The first-order valence-electron chi connectivity index (χ1n) is 11.4. The molecular weight excluding hydrogens is 452 g/mol. The number of rotatable bonds is 5. The van der Waals surface area contributed by atoms with E-state index in [-0.39, 0.29) is 22.5 Å². The fourth-order valence-electron chi connectivity index (χ4n) is 4.61. The van der Waals surface area contributed by atoms with Crippen LogP contribution in [0.5, 0.6) is 0 Å². The third-order valence-electron chi connectivity index (χ3n) is 6.34. The van der Waals surface area contributed by atoms with E-state index in [0.717, 1.165) is 41.3 Å². The first kappa shape index (κ1) is 22.3. The van der Waals surface area contributed by atoms with Crippen LogP contribution in [-0.2, 0) is 14.8 Å². The smallest absolute Gasteiger partial charge is 0.265 e. The maximum absolute atomic E-state index is 13.5. The molecule has 0 saturated heterocycles. The maximum atomic E-state index is 13.5. The Hall–Kier alpha value is -3.53. The molecule has 2 aromatic heterocycles. The van der Waals surface area contributed by atoms with Crippen LogP contribution in [0.1, 0.15) is 50.8 Å². The number of para-hydroxylation sites is 2. The summed E-state index contributed by atoms with van der Waals surface area (Å²) in [6, 6.07) is 13.7. The minimum atomic E-state index is -3.94. The lowest BCUT2D eigenvalue weighted by Gasteiger charge is -2.22. The fourth-order valence-corrected chi connectivity index (χ4v) is 5.76. The molecule has 176 valence electrons. The predicted molar refractivity (Wildman–Crippen MR) is 130 cm³/mol. The van der Waals surface area contributed by atoms with Gasteiger partial charge in [-0.15, -0.1) is 10.2 Å². The monoisotopic (exact) mass is 478 g/mol. The van der Waals surface area contributed by atoms with E-state index in [2.05, 4.69) is 20.5 Å². The second-order valence-corrected chi connectivity index (χ2v) is 10.6. The molecule has 10 heteroatoms. The number of nitrogens with zero attached hydrogens (tertiary/aromatic N) is 5. The number of hydrogen-bond acceptors (Lipinski definition) is 6. The second-order valence-electron chi connectivity index (χ2n) is 8.65. The Kier molecular flexibility index (Phi) is 5.68. The fraction of sp³-hybridized carbons (Fsp3) is 0.333. The van der Waals surface area contributed by atoms with E-state index in [4.69, 9.17) is 0 Å². The Balaban J connectivity index is 1.62. The van der Waals surface area contributed by atoms with Crippen molar-refractivity contribution in [3.8, 4) is 0 Å². The molecule has 0 bridgehead atoms. The number of carbonyl (C=O) groups excluding carboxylic acids is 1. The van der Waals surface area contributed by atoms with Crippen molar-refractivity contribution in [2.45, 2.75) is 49.8 Å². The summed E-state index contributed by atoms with van der Waals surface area (Å²) < 4.78 is 30.1. The van der Waals surface area contributed by atoms with Crippen molar-refractivity contribution in [3.05, 3.63) is 54.4 Å². The van der Waals surface area contributed by atoms with Crippen LogP contribution in [0, 0.1) is 0 Å². The molecule has 9 nitrogen and oxygen atoms in total. The minimum absolute atomic E-state index is 0.0872. The van der Waals surface area contributed by atoms with E-state index < -0.39 is 10.0 Å². The molecule has 4 aromatic rings. The molecule has 0 atom stereocenters. The van der Waals surface area contributed by atoms with Crippen molar-refractivity contribution >= 4 is 44.1 Å². The van der Waals surface area contributed by atoms with Gasteiger partial charge in [0.25, 0.3) is 10.0 Å². The standard InChI is InChI=1S/C24H26N6O3S/c1-16(31)25-18-12-14-19(15-13-18)34(32,33)29(2)23-24-28-27-22(17-8-4-3-5-9-17)30(24)21-11-7-6-10-20(21)26-23/h6-7,10-15,17H,3-5,8-9H2,1-2H3,(H,25,31). The Morgan fingerprint density at radius 3 is 2.44 bits per heavy atom. The van der Waals surface area contributed by atoms with Gasteiger partial charge in [-0.2, -0.15) is 0 Å². The number of anilines is 2. The number of fused-ring (bicyclic) bond motifs is 3. The van der Waals surface area contributed by atoms with Crippen molar-refractivity contribution in [2.24, 2.45) is 0 Å². The minimum Gasteiger partial charge on any atom is -0.326 e. The van der Waals surface area contributed by atoms with Crippen molar-refractivity contribution < 1.29 is 13.2 Å². The van der Waals surface area contributed by atoms with Gasteiger partial charge in [0.05, 0.1) is 15.9 Å². The lowest BCUT2D eigenvalue weighted by atomic mass is 9.89. The van der Waals surface area contributed by atoms with E-state index in [9.17, 15) is 13.2 Å². The topological polar surface area (TPSA) is 110 Å². The lowest BCUT2D eigenvalue weighted by Crippen LogP contribution is -2.28. The van der Waals surface area contributed by atoms with Crippen LogP contribution >= 0.6 is 0 Å². The highest BCUT2D eigenvalue weighted by Gasteiger charge is 2.29. The number of aromatic nitrogens is 4. The van der Waals surface area contributed by atoms with Gasteiger partial charge in [0, 0.05) is 25.6 Å². The molecule has 1 aliphatic rings. The predicted octanol–water partition coefficient (Wildman–Crippen LogP) is 4.11. The van der Waals surface area contributed by atoms with Crippen molar-refractivity contribution in [3.63, 3.8) is 0 Å². The van der Waals surface area contributed by atoms with Crippen LogP contribution in [0.2, 0.25) is 0 Å². The SMILES string of the molecule is CC(=O)Nc1ccc(S(=O)(=O)N(C)c2nc3ccccc3n3c(C4CCCCC4)nnc23)cc1. The van der Waals surface area contributed by atoms with Crippen LogP contribution in [0.25, 0.3) is 16.7 Å². The normalized spacial score (nSPS) is 15.0. The highest BCUT2D eigenvalue weighted by atomic mass is 32.2. The molecule has 0 aliphatic heterocycles. The third kappa shape index (κ3) is 3.87. The van der Waals surface area contributed by atoms with Crippen molar-refractivity contribution in [2.75, 3.05) is 16.7 Å². The Labute approximate surface area is 197 Å². The van der Waals surface area contributed by atoms with Gasteiger partial charge in [-0.25, -0.2) is 17.7 Å². The van der Waals surface area contributed by atoms with Gasteiger partial charge in [-0.05, 0) is 49.2 Å². The van der Waals surface area contributed by atoms with Crippen LogP contribution in [0.15, 0.2) is 53.4 Å². The summed E-state index contributed by atoms with van der Waals surface area (Å²) in [5.41, 5.74) is 2.47. The van der Waals surface area contributed by atoms with Crippen molar-refractivity contribution in [1.29, 1.82) is 0 Å². The van der Waals surface area contributed by atoms with Crippen LogP contribution in [0.3, 0.4) is 0 Å². The number of hydrogen-bond donors (Lipinski definition) is 1. The first-order valence-corrected chi connectivity index (χ1v) is 12.8. The van der Waals surface area contributed by atoms with Gasteiger partial charge < -0.3 is 5.32 Å². The summed E-state index contributed by atoms with van der Waals surface area (Å²) in [6.07, 6.45) is 5.61. The van der Waals surface area contributed by atoms with E-state index >= 15 is 0 Å². The zero-order chi connectivity index (χ0) is 23.9. The maximum Gasteiger partial charge on any atom is 0.265 e. The molecule has 1 N–H and O–H groups in total. The largest absolute Gasteiger partial charge is 0.326 e. The van der Waals surface area contributed by atoms with E-state index in [1.54, 1.807) is 12.1 Å². The van der Waals surface area contributed by atoms with Gasteiger partial charge in [0.15, 0.2) is 5.82 Å². The molecule has 2 heterocycles. The van der Waals surface area contributed by atoms with Gasteiger partial charge >= 0.3 is 0 Å². The summed E-state index contributed by atoms with van der Waals surface area (Å²) in [7, 11) is -2.46. The number of benzene rings is 2. The molecule has 34 heavy (non-hydrogen) atoms. The quantitative estimate of drug-likeness (QED) is 0.462. The molecular formula is C24H26N6O3S. The number of amides is 1. The average molecular weight is 479 g/mol. The summed E-state index contributed by atoms with van der Waals surface area (Å²) >= 11 is 0. The Bertz CT molecular complexity index is 1470. The van der Waals surface area contributed by atoms with E-state index in [1.807, 2.05) is 28.7 Å². The van der Waals surface area contributed by atoms with Gasteiger partial charge in [-0.1, -0.05) is 31.4 Å².